The minimum atomic E-state index is -3.48. The third kappa shape index (κ3) is 8.05. The molecule has 0 heterocycles. The summed E-state index contributed by atoms with van der Waals surface area (Å²) in [6, 6.07) is 7.99. The van der Waals surface area contributed by atoms with E-state index in [1.54, 1.807) is 24.3 Å². The van der Waals surface area contributed by atoms with Gasteiger partial charge in [-0.3, -0.25) is 4.72 Å². The quantitative estimate of drug-likeness (QED) is 0.406. The largest absolute Gasteiger partial charge is 0.486 e. The van der Waals surface area contributed by atoms with Gasteiger partial charge in [0.2, 0.25) is 16.2 Å². The fourth-order valence-electron chi connectivity index (χ4n) is 2.28. The summed E-state index contributed by atoms with van der Waals surface area (Å²) in [5.74, 6) is -1.11. The standard InChI is InChI=1S/C17H15Br2ClFNO5S.C2H6/c1-28(25,26)22-14-4-2-3-10(15(14)20)8-27-16-11(18)5-9(6-12(16)19)7-13(21)17(23)24;1-2/h2-6,13,22H,7-8H2,1H3,(H,23,24);1-2H3. The van der Waals surface area contributed by atoms with Gasteiger partial charge in [-0.05, 0) is 55.6 Å². The maximum absolute atomic E-state index is 13.4. The number of carboxylic acids is 1. The molecule has 0 aromatic heterocycles. The average molecular weight is 590 g/mol. The number of hydrogen-bond donors (Lipinski definition) is 2. The number of benzene rings is 2. The van der Waals surface area contributed by atoms with Crippen molar-refractivity contribution in [2.45, 2.75) is 33.0 Å². The highest BCUT2D eigenvalue weighted by Gasteiger charge is 2.19. The van der Waals surface area contributed by atoms with Crippen LogP contribution in [0.2, 0.25) is 5.02 Å². The van der Waals surface area contributed by atoms with E-state index in [0.29, 0.717) is 25.8 Å². The number of halogens is 4. The van der Waals surface area contributed by atoms with Crippen molar-refractivity contribution in [2.24, 2.45) is 0 Å². The van der Waals surface area contributed by atoms with Crippen LogP contribution in [0.1, 0.15) is 25.0 Å². The predicted molar refractivity (Wildman–Crippen MR) is 124 cm³/mol. The number of hydrogen-bond acceptors (Lipinski definition) is 4. The van der Waals surface area contributed by atoms with E-state index < -0.39 is 22.2 Å². The van der Waals surface area contributed by atoms with Crippen LogP contribution in [0.25, 0.3) is 0 Å². The molecule has 0 radical (unpaired) electrons. The van der Waals surface area contributed by atoms with Gasteiger partial charge >= 0.3 is 5.97 Å². The molecule has 0 bridgehead atoms. The molecule has 0 aliphatic heterocycles. The van der Waals surface area contributed by atoms with Crippen molar-refractivity contribution in [3.63, 3.8) is 0 Å². The Morgan fingerprint density at radius 3 is 2.33 bits per heavy atom. The van der Waals surface area contributed by atoms with Gasteiger partial charge in [-0.2, -0.15) is 0 Å². The minimum Gasteiger partial charge on any atom is -0.486 e. The summed E-state index contributed by atoms with van der Waals surface area (Å²) in [6.45, 7) is 4.04. The molecule has 0 spiro atoms. The van der Waals surface area contributed by atoms with E-state index in [-0.39, 0.29) is 23.7 Å². The summed E-state index contributed by atoms with van der Waals surface area (Å²) in [5.41, 5.74) is 1.26. The Labute approximate surface area is 197 Å². The maximum Gasteiger partial charge on any atom is 0.338 e. The summed E-state index contributed by atoms with van der Waals surface area (Å²) < 4.78 is 45.3. The number of aliphatic carboxylic acids is 1. The predicted octanol–water partition coefficient (Wildman–Crippen LogP) is 5.81. The van der Waals surface area contributed by atoms with Crippen LogP contribution in [-0.2, 0) is 27.8 Å². The average Bonchev–Trinajstić information content (AvgIpc) is 2.64. The van der Waals surface area contributed by atoms with Gasteiger partial charge in [0.1, 0.15) is 12.4 Å². The highest BCUT2D eigenvalue weighted by atomic mass is 79.9. The third-order valence-corrected chi connectivity index (χ3v) is 5.70. The molecule has 2 N–H and O–H groups in total. The second-order valence-corrected chi connectivity index (χ2v) is 9.68. The van der Waals surface area contributed by atoms with Gasteiger partial charge in [0.25, 0.3) is 0 Å². The van der Waals surface area contributed by atoms with E-state index in [1.165, 1.54) is 6.07 Å². The lowest BCUT2D eigenvalue weighted by Gasteiger charge is -2.15. The molecule has 0 aliphatic carbocycles. The molecule has 0 fully saturated rings. The first kappa shape index (κ1) is 26.7. The molecule has 0 saturated heterocycles. The topological polar surface area (TPSA) is 92.7 Å². The van der Waals surface area contributed by atoms with Gasteiger partial charge in [-0.25, -0.2) is 17.6 Å². The number of ether oxygens (including phenoxy) is 1. The van der Waals surface area contributed by atoms with Crippen LogP contribution in [0.3, 0.4) is 0 Å². The summed E-state index contributed by atoms with van der Waals surface area (Å²) in [5, 5.41) is 8.89. The molecule has 1 atom stereocenters. The lowest BCUT2D eigenvalue weighted by molar-refractivity contribution is -0.142. The Balaban J connectivity index is 0.00000218. The molecule has 2 aromatic rings. The molecule has 11 heteroatoms. The van der Waals surface area contributed by atoms with Crippen molar-refractivity contribution < 1.29 is 27.4 Å². The van der Waals surface area contributed by atoms with Crippen molar-refractivity contribution in [3.05, 3.63) is 55.4 Å². The lowest BCUT2D eigenvalue weighted by Crippen LogP contribution is -2.17. The molecular formula is C19H21Br2ClFNO5S. The number of carbonyl (C=O) groups is 1. The fourth-order valence-corrected chi connectivity index (χ4v) is 4.65. The monoisotopic (exact) mass is 587 g/mol. The molecule has 2 aromatic carbocycles. The normalized spacial score (nSPS) is 11.8. The Morgan fingerprint density at radius 1 is 1.27 bits per heavy atom. The van der Waals surface area contributed by atoms with Gasteiger partial charge in [0.05, 0.1) is 25.9 Å². The number of rotatable bonds is 8. The third-order valence-electron chi connectivity index (χ3n) is 3.49. The maximum atomic E-state index is 13.4. The van der Waals surface area contributed by atoms with Crippen molar-refractivity contribution in [2.75, 3.05) is 11.0 Å². The van der Waals surface area contributed by atoms with E-state index in [1.807, 2.05) is 13.8 Å². The smallest absolute Gasteiger partial charge is 0.338 e. The van der Waals surface area contributed by atoms with E-state index >= 15 is 0 Å². The van der Waals surface area contributed by atoms with Crippen LogP contribution in [-0.4, -0.2) is 31.9 Å². The van der Waals surface area contributed by atoms with Crippen LogP contribution in [0.5, 0.6) is 5.75 Å². The van der Waals surface area contributed by atoms with Crippen molar-refractivity contribution in [1.82, 2.24) is 0 Å². The van der Waals surface area contributed by atoms with Crippen LogP contribution < -0.4 is 9.46 Å². The second kappa shape index (κ2) is 11.9. The Hall–Kier alpha value is -1.36. The second-order valence-electron chi connectivity index (χ2n) is 5.84. The fraction of sp³-hybridized carbons (Fsp3) is 0.316. The molecule has 1 unspecified atom stereocenters. The van der Waals surface area contributed by atoms with E-state index in [4.69, 9.17) is 21.4 Å². The molecule has 0 saturated carbocycles. The van der Waals surface area contributed by atoms with Crippen molar-refractivity contribution in [1.29, 1.82) is 0 Å². The van der Waals surface area contributed by atoms with Crippen LogP contribution in [0.4, 0.5) is 10.1 Å². The summed E-state index contributed by atoms with van der Waals surface area (Å²) in [4.78, 5) is 10.7. The van der Waals surface area contributed by atoms with Crippen molar-refractivity contribution >= 4 is 65.1 Å². The number of carboxylic acid groups (broad SMARTS) is 1. The lowest BCUT2D eigenvalue weighted by atomic mass is 10.1. The summed E-state index contributed by atoms with van der Waals surface area (Å²) in [6.07, 6.45) is -1.26. The molecular weight excluding hydrogens is 569 g/mol. The van der Waals surface area contributed by atoms with Gasteiger partial charge in [0.15, 0.2) is 0 Å². The number of anilines is 1. The number of alkyl halides is 1. The minimum absolute atomic E-state index is 0.0372. The number of sulfonamides is 1. The summed E-state index contributed by atoms with van der Waals surface area (Å²) in [7, 11) is -3.48. The molecule has 2 rings (SSSR count). The molecule has 6 nitrogen and oxygen atoms in total. The first-order chi connectivity index (χ1) is 14.0. The first-order valence-corrected chi connectivity index (χ1v) is 12.6. The highest BCUT2D eigenvalue weighted by molar-refractivity contribution is 9.11. The number of nitrogens with one attached hydrogen (secondary N) is 1. The van der Waals surface area contributed by atoms with Gasteiger partial charge in [0, 0.05) is 12.0 Å². The zero-order valence-corrected chi connectivity index (χ0v) is 21.1. The highest BCUT2D eigenvalue weighted by Crippen LogP contribution is 2.36. The van der Waals surface area contributed by atoms with E-state index in [9.17, 15) is 17.6 Å². The Morgan fingerprint density at radius 2 is 1.83 bits per heavy atom. The van der Waals surface area contributed by atoms with Crippen molar-refractivity contribution in [3.8, 4) is 5.75 Å². The van der Waals surface area contributed by atoms with E-state index in [2.05, 4.69) is 36.6 Å². The summed E-state index contributed by atoms with van der Waals surface area (Å²) >= 11 is 12.9. The Bertz CT molecular complexity index is 981. The molecule has 0 aliphatic rings. The van der Waals surface area contributed by atoms with Crippen LogP contribution in [0, 0.1) is 0 Å². The van der Waals surface area contributed by atoms with Crippen LogP contribution >= 0.6 is 43.5 Å². The van der Waals surface area contributed by atoms with Gasteiger partial charge in [-0.1, -0.05) is 37.6 Å². The van der Waals surface area contributed by atoms with E-state index in [0.717, 1.165) is 6.26 Å². The molecule has 0 amide bonds. The molecule has 30 heavy (non-hydrogen) atoms. The zero-order chi connectivity index (χ0) is 23.1. The van der Waals surface area contributed by atoms with Crippen LogP contribution in [0.15, 0.2) is 39.3 Å². The van der Waals surface area contributed by atoms with Gasteiger partial charge in [-0.15, -0.1) is 0 Å². The Kier molecular flexibility index (Phi) is 10.6. The van der Waals surface area contributed by atoms with Gasteiger partial charge < -0.3 is 9.84 Å². The zero-order valence-electron chi connectivity index (χ0n) is 16.4. The first-order valence-electron chi connectivity index (χ1n) is 8.70. The molecule has 166 valence electrons. The SMILES string of the molecule is CC.CS(=O)(=O)Nc1cccc(COc2c(Br)cc(CC(F)C(=O)O)cc2Br)c1Cl.